The van der Waals surface area contributed by atoms with Crippen LogP contribution in [0.5, 0.6) is 0 Å². The maximum Gasteiger partial charge on any atom is 0.0366 e. The van der Waals surface area contributed by atoms with Crippen LogP contribution in [0.3, 0.4) is 0 Å². The van der Waals surface area contributed by atoms with Gasteiger partial charge in [0.15, 0.2) is 0 Å². The van der Waals surface area contributed by atoms with Gasteiger partial charge < -0.3 is 0 Å². The second-order valence-electron chi connectivity index (χ2n) is 2.55. The van der Waals surface area contributed by atoms with Crippen molar-refractivity contribution in [3.05, 3.63) is 34.9 Å². The lowest BCUT2D eigenvalue weighted by atomic mass is 10.2. The second kappa shape index (κ2) is 7.17. The minimum atomic E-state index is 0.824. The Hall–Kier alpha value is -0.490. The van der Waals surface area contributed by atoms with Gasteiger partial charge in [-0.3, -0.25) is 0 Å². The van der Waals surface area contributed by atoms with Crippen LogP contribution in [0.4, 0.5) is 0 Å². The molecule has 12 heavy (non-hydrogen) atoms. The van der Waals surface area contributed by atoms with Gasteiger partial charge in [0.05, 0.1) is 0 Å². The fraction of sp³-hybridized carbons (Fsp3) is 0.455. The molecule has 0 atom stereocenters. The average molecular weight is 185 g/mol. The summed E-state index contributed by atoms with van der Waals surface area (Å²) in [5.41, 5.74) is 1.32. The van der Waals surface area contributed by atoms with Gasteiger partial charge in [0.25, 0.3) is 0 Å². The van der Waals surface area contributed by atoms with Crippen molar-refractivity contribution >= 4 is 11.6 Å². The molecule has 0 aromatic rings. The summed E-state index contributed by atoms with van der Waals surface area (Å²) in [4.78, 5) is 0. The smallest absolute Gasteiger partial charge is 0.0366 e. The molecular weight excluding hydrogens is 168 g/mol. The lowest BCUT2D eigenvalue weighted by Gasteiger charge is -1.93. The minimum absolute atomic E-state index is 0.824. The van der Waals surface area contributed by atoms with Gasteiger partial charge in [-0.2, -0.15) is 0 Å². The maximum absolute atomic E-state index is 5.89. The van der Waals surface area contributed by atoms with Crippen LogP contribution in [-0.4, -0.2) is 0 Å². The first-order valence-electron chi connectivity index (χ1n) is 4.43. The molecule has 0 aromatic heterocycles. The van der Waals surface area contributed by atoms with Crippen molar-refractivity contribution in [3.63, 3.8) is 0 Å². The first-order chi connectivity index (χ1) is 5.74. The van der Waals surface area contributed by atoms with Crippen molar-refractivity contribution in [1.29, 1.82) is 0 Å². The maximum atomic E-state index is 5.89. The van der Waals surface area contributed by atoms with Crippen molar-refractivity contribution < 1.29 is 0 Å². The van der Waals surface area contributed by atoms with Crippen LogP contribution in [0.2, 0.25) is 0 Å². The van der Waals surface area contributed by atoms with Crippen LogP contribution in [0, 0.1) is 0 Å². The number of hydrogen-bond acceptors (Lipinski definition) is 0. The Labute approximate surface area is 80.6 Å². The molecule has 0 aliphatic carbocycles. The molecule has 0 N–H and O–H groups in total. The predicted molar refractivity (Wildman–Crippen MR) is 57.4 cm³/mol. The fourth-order valence-corrected chi connectivity index (χ4v) is 1.09. The van der Waals surface area contributed by atoms with Crippen molar-refractivity contribution in [2.45, 2.75) is 33.6 Å². The number of rotatable bonds is 4. The van der Waals surface area contributed by atoms with Gasteiger partial charge >= 0.3 is 0 Å². The van der Waals surface area contributed by atoms with Gasteiger partial charge in [-0.15, -0.1) is 0 Å². The van der Waals surface area contributed by atoms with E-state index in [2.05, 4.69) is 26.0 Å². The summed E-state index contributed by atoms with van der Waals surface area (Å²) in [6, 6.07) is 0. The third-order valence-corrected chi connectivity index (χ3v) is 1.92. The zero-order chi connectivity index (χ0) is 9.40. The van der Waals surface area contributed by atoms with Gasteiger partial charge in [0.2, 0.25) is 0 Å². The molecule has 0 saturated heterocycles. The van der Waals surface area contributed by atoms with E-state index in [1.54, 1.807) is 0 Å². The van der Waals surface area contributed by atoms with E-state index in [9.17, 15) is 0 Å². The summed E-state index contributed by atoms with van der Waals surface area (Å²) < 4.78 is 0. The van der Waals surface area contributed by atoms with Crippen molar-refractivity contribution in [3.8, 4) is 0 Å². The number of hydrogen-bond donors (Lipinski definition) is 0. The normalized spacial score (nSPS) is 14.3. The Bertz CT molecular complexity index is 197. The second-order valence-corrected chi connectivity index (χ2v) is 2.98. The third kappa shape index (κ3) is 5.20. The highest BCUT2D eigenvalue weighted by Gasteiger charge is 1.86. The first-order valence-corrected chi connectivity index (χ1v) is 4.81. The molecule has 0 aromatic carbocycles. The Kier molecular flexibility index (Phi) is 6.88. The number of halogens is 1. The standard InChI is InChI=1S/C11H17Cl/c1-4-7-11(12)9-8-10(5-2)6-3/h5,7-9H,4,6H2,1-3H3. The summed E-state index contributed by atoms with van der Waals surface area (Å²) in [5.74, 6) is 0. The molecule has 1 heteroatoms. The SMILES string of the molecule is CC=C(C=CC(Cl)=CCC)CC. The Morgan fingerprint density at radius 1 is 1.25 bits per heavy atom. The van der Waals surface area contributed by atoms with Gasteiger partial charge in [0, 0.05) is 5.03 Å². The summed E-state index contributed by atoms with van der Waals surface area (Å²) in [6.07, 6.45) is 10.2. The van der Waals surface area contributed by atoms with Crippen molar-refractivity contribution in [1.82, 2.24) is 0 Å². The average Bonchev–Trinajstić information content (AvgIpc) is 2.07. The molecule has 0 amide bonds. The highest BCUT2D eigenvalue weighted by atomic mass is 35.5. The molecule has 0 fully saturated rings. The topological polar surface area (TPSA) is 0 Å². The molecule has 0 nitrogen and oxygen atoms in total. The van der Waals surface area contributed by atoms with E-state index in [0.29, 0.717) is 0 Å². The molecule has 0 rings (SSSR count). The summed E-state index contributed by atoms with van der Waals surface area (Å²) >= 11 is 5.89. The molecule has 68 valence electrons. The summed E-state index contributed by atoms with van der Waals surface area (Å²) in [5, 5.41) is 0.824. The molecule has 0 spiro atoms. The van der Waals surface area contributed by atoms with Crippen molar-refractivity contribution in [2.24, 2.45) is 0 Å². The quantitative estimate of drug-likeness (QED) is 0.567. The Morgan fingerprint density at radius 3 is 2.33 bits per heavy atom. The summed E-state index contributed by atoms with van der Waals surface area (Å²) in [6.45, 7) is 6.25. The molecule has 0 aliphatic rings. The van der Waals surface area contributed by atoms with E-state index in [4.69, 9.17) is 11.6 Å². The fourth-order valence-electron chi connectivity index (χ4n) is 0.868. The van der Waals surface area contributed by atoms with Gasteiger partial charge in [0.1, 0.15) is 0 Å². The van der Waals surface area contributed by atoms with E-state index >= 15 is 0 Å². The molecule has 0 aliphatic heterocycles. The Morgan fingerprint density at radius 2 is 1.92 bits per heavy atom. The van der Waals surface area contributed by atoms with Crippen LogP contribution < -0.4 is 0 Å². The molecule has 0 heterocycles. The highest BCUT2D eigenvalue weighted by molar-refractivity contribution is 6.31. The van der Waals surface area contributed by atoms with Crippen molar-refractivity contribution in [2.75, 3.05) is 0 Å². The molecule has 0 unspecified atom stereocenters. The number of allylic oxidation sites excluding steroid dienone is 6. The Balaban J connectivity index is 4.14. The van der Waals surface area contributed by atoms with Gasteiger partial charge in [-0.25, -0.2) is 0 Å². The third-order valence-electron chi connectivity index (χ3n) is 1.63. The van der Waals surface area contributed by atoms with E-state index in [0.717, 1.165) is 17.9 Å². The van der Waals surface area contributed by atoms with Crippen LogP contribution in [-0.2, 0) is 0 Å². The van der Waals surface area contributed by atoms with E-state index in [1.165, 1.54) is 5.57 Å². The van der Waals surface area contributed by atoms with Gasteiger partial charge in [-0.05, 0) is 25.8 Å². The molecule has 0 saturated carbocycles. The van der Waals surface area contributed by atoms with Crippen LogP contribution in [0.25, 0.3) is 0 Å². The minimum Gasteiger partial charge on any atom is -0.0847 e. The van der Waals surface area contributed by atoms with Crippen LogP contribution in [0.1, 0.15) is 33.6 Å². The van der Waals surface area contributed by atoms with E-state index in [-0.39, 0.29) is 0 Å². The predicted octanol–water partition coefficient (Wildman–Crippen LogP) is 4.43. The largest absolute Gasteiger partial charge is 0.0847 e. The summed E-state index contributed by atoms with van der Waals surface area (Å²) in [7, 11) is 0. The zero-order valence-corrected chi connectivity index (χ0v) is 8.86. The van der Waals surface area contributed by atoms with Crippen LogP contribution >= 0.6 is 11.6 Å². The highest BCUT2D eigenvalue weighted by Crippen LogP contribution is 2.08. The monoisotopic (exact) mass is 184 g/mol. The van der Waals surface area contributed by atoms with E-state index in [1.807, 2.05) is 19.1 Å². The zero-order valence-electron chi connectivity index (χ0n) is 8.10. The van der Waals surface area contributed by atoms with E-state index < -0.39 is 0 Å². The first kappa shape index (κ1) is 11.5. The molecule has 0 radical (unpaired) electrons. The molecule has 0 bridgehead atoms. The molecular formula is C11H17Cl. The van der Waals surface area contributed by atoms with Gasteiger partial charge in [-0.1, -0.05) is 49.2 Å². The lowest BCUT2D eigenvalue weighted by Crippen LogP contribution is -1.72. The lowest BCUT2D eigenvalue weighted by molar-refractivity contribution is 1.14. The van der Waals surface area contributed by atoms with Crippen LogP contribution in [0.15, 0.2) is 34.9 Å².